The van der Waals surface area contributed by atoms with Gasteiger partial charge in [0.1, 0.15) is 5.82 Å². The Balaban J connectivity index is 1.39. The third-order valence-electron chi connectivity index (χ3n) is 6.03. The normalized spacial score (nSPS) is 23.0. The SMILES string of the molecule is Cc1cnc(Nc2cc3c(c(C4CC4)c2)B(O)OC3)nc1N[C@H]1COCC[C@@H]1C#N. The number of ether oxygens (including phenoxy) is 1. The number of nitriles is 1. The molecule has 5 rings (SSSR count). The minimum atomic E-state index is -0.832. The van der Waals surface area contributed by atoms with Crippen molar-refractivity contribution >= 4 is 30.0 Å². The molecule has 154 valence electrons. The molecule has 1 aromatic heterocycles. The van der Waals surface area contributed by atoms with Crippen LogP contribution in [0.1, 0.15) is 41.9 Å². The fourth-order valence-corrected chi connectivity index (χ4v) is 4.20. The molecule has 1 aromatic carbocycles. The van der Waals surface area contributed by atoms with Gasteiger partial charge in [0.25, 0.3) is 0 Å². The van der Waals surface area contributed by atoms with Crippen molar-refractivity contribution in [1.29, 1.82) is 5.26 Å². The molecule has 2 aliphatic heterocycles. The Morgan fingerprint density at radius 2 is 2.17 bits per heavy atom. The molecule has 3 aliphatic rings. The zero-order chi connectivity index (χ0) is 20.7. The first-order valence-electron chi connectivity index (χ1n) is 10.4. The fraction of sp³-hybridized carbons (Fsp3) is 0.476. The molecule has 0 amide bonds. The minimum Gasteiger partial charge on any atom is -0.423 e. The van der Waals surface area contributed by atoms with Gasteiger partial charge in [-0.3, -0.25) is 0 Å². The van der Waals surface area contributed by atoms with Gasteiger partial charge in [-0.1, -0.05) is 0 Å². The van der Waals surface area contributed by atoms with E-state index in [1.165, 1.54) is 0 Å². The standard InChI is InChI=1S/C21H24BN5O3/c1-12-9-24-21(27-20(12)26-18-11-29-5-4-14(18)8-23)25-16-6-15-10-30-22(28)19(15)17(7-16)13-2-3-13/h6-7,9,13-14,18,28H,2-5,10-11H2,1H3,(H2,24,25,26,27)/t14-,18+/m1/s1. The van der Waals surface area contributed by atoms with E-state index in [9.17, 15) is 10.3 Å². The third-order valence-corrected chi connectivity index (χ3v) is 6.03. The first-order chi connectivity index (χ1) is 14.6. The second-order valence-electron chi connectivity index (χ2n) is 8.28. The highest BCUT2D eigenvalue weighted by Crippen LogP contribution is 2.41. The molecule has 1 aliphatic carbocycles. The molecule has 0 bridgehead atoms. The molecule has 3 N–H and O–H groups in total. The maximum atomic E-state index is 10.2. The van der Waals surface area contributed by atoms with E-state index in [0.29, 0.717) is 37.5 Å². The number of anilines is 3. The average Bonchev–Trinajstić information content (AvgIpc) is 3.54. The Morgan fingerprint density at radius 3 is 2.97 bits per heavy atom. The van der Waals surface area contributed by atoms with Crippen LogP contribution in [-0.4, -0.2) is 41.4 Å². The summed E-state index contributed by atoms with van der Waals surface area (Å²) in [6.45, 7) is 3.45. The van der Waals surface area contributed by atoms with E-state index in [1.54, 1.807) is 6.20 Å². The number of aryl methyl sites for hydroxylation is 1. The van der Waals surface area contributed by atoms with E-state index in [0.717, 1.165) is 47.1 Å². The van der Waals surface area contributed by atoms with Crippen LogP contribution in [0.15, 0.2) is 18.3 Å². The van der Waals surface area contributed by atoms with Crippen molar-refractivity contribution in [2.24, 2.45) is 5.92 Å². The minimum absolute atomic E-state index is 0.0923. The molecule has 1 saturated carbocycles. The first-order valence-corrected chi connectivity index (χ1v) is 10.4. The van der Waals surface area contributed by atoms with Crippen molar-refractivity contribution in [2.45, 2.75) is 44.8 Å². The highest BCUT2D eigenvalue weighted by atomic mass is 16.5. The Kier molecular flexibility index (Phi) is 5.07. The molecule has 1 saturated heterocycles. The van der Waals surface area contributed by atoms with Gasteiger partial charge in [0.05, 0.1) is 31.2 Å². The summed E-state index contributed by atoms with van der Waals surface area (Å²) in [4.78, 5) is 9.08. The van der Waals surface area contributed by atoms with Crippen molar-refractivity contribution < 1.29 is 14.4 Å². The van der Waals surface area contributed by atoms with Gasteiger partial charge in [-0.15, -0.1) is 0 Å². The van der Waals surface area contributed by atoms with Crippen LogP contribution in [0, 0.1) is 24.2 Å². The van der Waals surface area contributed by atoms with Crippen molar-refractivity contribution in [2.75, 3.05) is 23.8 Å². The van der Waals surface area contributed by atoms with Crippen LogP contribution in [0.25, 0.3) is 0 Å². The number of aromatic nitrogens is 2. The number of hydrogen-bond acceptors (Lipinski definition) is 8. The number of fused-ring (bicyclic) bond motifs is 1. The topological polar surface area (TPSA) is 112 Å². The van der Waals surface area contributed by atoms with Gasteiger partial charge in [0.2, 0.25) is 5.95 Å². The third kappa shape index (κ3) is 3.74. The van der Waals surface area contributed by atoms with Crippen LogP contribution >= 0.6 is 0 Å². The Hall–Kier alpha value is -2.67. The van der Waals surface area contributed by atoms with Crippen molar-refractivity contribution in [3.63, 3.8) is 0 Å². The molecular formula is C21H24BN5O3. The molecule has 3 heterocycles. The second-order valence-corrected chi connectivity index (χ2v) is 8.28. The summed E-state index contributed by atoms with van der Waals surface area (Å²) in [5.41, 5.74) is 4.89. The van der Waals surface area contributed by atoms with Crippen molar-refractivity contribution in [3.05, 3.63) is 35.0 Å². The molecule has 2 aromatic rings. The lowest BCUT2D eigenvalue weighted by molar-refractivity contribution is 0.0698. The molecule has 30 heavy (non-hydrogen) atoms. The monoisotopic (exact) mass is 405 g/mol. The molecule has 0 radical (unpaired) electrons. The highest BCUT2D eigenvalue weighted by molar-refractivity contribution is 6.62. The lowest BCUT2D eigenvalue weighted by Gasteiger charge is -2.28. The van der Waals surface area contributed by atoms with E-state index in [4.69, 9.17) is 9.39 Å². The first kappa shape index (κ1) is 19.3. The number of benzene rings is 1. The van der Waals surface area contributed by atoms with Gasteiger partial charge in [-0.25, -0.2) is 4.98 Å². The lowest BCUT2D eigenvalue weighted by Crippen LogP contribution is -2.38. The summed E-state index contributed by atoms with van der Waals surface area (Å²) >= 11 is 0. The molecule has 0 spiro atoms. The predicted octanol–water partition coefficient (Wildman–Crippen LogP) is 1.96. The van der Waals surface area contributed by atoms with E-state index >= 15 is 0 Å². The summed E-state index contributed by atoms with van der Waals surface area (Å²) in [7, 11) is -0.832. The molecular weight excluding hydrogens is 381 g/mol. The average molecular weight is 405 g/mol. The molecule has 8 nitrogen and oxygen atoms in total. The van der Waals surface area contributed by atoms with Gasteiger partial charge < -0.3 is 25.0 Å². The number of rotatable bonds is 5. The van der Waals surface area contributed by atoms with E-state index in [1.807, 2.05) is 13.0 Å². The number of nitrogens with one attached hydrogen (secondary N) is 2. The van der Waals surface area contributed by atoms with Crippen molar-refractivity contribution in [3.8, 4) is 6.07 Å². The van der Waals surface area contributed by atoms with Gasteiger partial charge in [-0.2, -0.15) is 10.2 Å². The predicted molar refractivity (Wildman–Crippen MR) is 113 cm³/mol. The smallest absolute Gasteiger partial charge is 0.423 e. The summed E-state index contributed by atoms with van der Waals surface area (Å²) < 4.78 is 11.0. The summed E-state index contributed by atoms with van der Waals surface area (Å²) in [6, 6.07) is 6.34. The van der Waals surface area contributed by atoms with Crippen molar-refractivity contribution in [1.82, 2.24) is 9.97 Å². The van der Waals surface area contributed by atoms with Gasteiger partial charge in [0, 0.05) is 24.1 Å². The zero-order valence-electron chi connectivity index (χ0n) is 16.9. The number of hydrogen-bond donors (Lipinski definition) is 3. The van der Waals surface area contributed by atoms with Crippen LogP contribution in [0.3, 0.4) is 0 Å². The van der Waals surface area contributed by atoms with Crippen LogP contribution < -0.4 is 16.1 Å². The quantitative estimate of drug-likeness (QED) is 0.648. The summed E-state index contributed by atoms with van der Waals surface area (Å²) in [6.07, 6.45) is 4.77. The molecule has 2 fully saturated rings. The van der Waals surface area contributed by atoms with E-state index in [-0.39, 0.29) is 12.0 Å². The Bertz CT molecular complexity index is 1010. The van der Waals surface area contributed by atoms with E-state index in [2.05, 4.69) is 32.7 Å². The van der Waals surface area contributed by atoms with E-state index < -0.39 is 7.12 Å². The Morgan fingerprint density at radius 1 is 1.30 bits per heavy atom. The largest absolute Gasteiger partial charge is 0.492 e. The van der Waals surface area contributed by atoms with Crippen LogP contribution in [0.4, 0.5) is 17.5 Å². The maximum Gasteiger partial charge on any atom is 0.492 e. The molecule has 0 unspecified atom stereocenters. The Labute approximate surface area is 175 Å². The van der Waals surface area contributed by atoms with Crippen LogP contribution in [0.2, 0.25) is 0 Å². The van der Waals surface area contributed by atoms with Crippen LogP contribution in [0.5, 0.6) is 0 Å². The van der Waals surface area contributed by atoms with Gasteiger partial charge >= 0.3 is 7.12 Å². The summed E-state index contributed by atoms with van der Waals surface area (Å²) in [5.74, 6) is 1.57. The molecule has 2 atom stereocenters. The van der Waals surface area contributed by atoms with Crippen LogP contribution in [-0.2, 0) is 16.0 Å². The second kappa shape index (κ2) is 7.87. The van der Waals surface area contributed by atoms with Gasteiger partial charge in [0.15, 0.2) is 0 Å². The summed E-state index contributed by atoms with van der Waals surface area (Å²) in [5, 5.41) is 26.3. The molecule has 9 heteroatoms. The zero-order valence-corrected chi connectivity index (χ0v) is 16.9. The lowest BCUT2D eigenvalue weighted by atomic mass is 9.75. The maximum absolute atomic E-state index is 10.2. The highest BCUT2D eigenvalue weighted by Gasteiger charge is 2.36. The fourth-order valence-electron chi connectivity index (χ4n) is 4.20. The van der Waals surface area contributed by atoms with Gasteiger partial charge in [-0.05, 0) is 60.8 Å². The number of nitrogens with zero attached hydrogens (tertiary/aromatic N) is 3.